The first-order valence-corrected chi connectivity index (χ1v) is 8.15. The number of nitrogens with zero attached hydrogens (tertiary/aromatic N) is 4. The van der Waals surface area contributed by atoms with Crippen LogP contribution in [0.25, 0.3) is 32.9 Å². The molecule has 4 heterocycles. The third kappa shape index (κ3) is 2.14. The Morgan fingerprint density at radius 1 is 1.32 bits per heavy atom. The standard InChI is InChI=1S/C17H17N7O/c18-16-14-11-1-3-20-15(11)12(5-13(14)22-17(19)23-16)9-6-21-24(7-9)10-2-4-25-8-10/h1,3,5-7,10H,2,4,8,18H2,(H3,19,22,23). The number of hydrogen-bond donors (Lipinski definition) is 3. The molecule has 1 unspecified atom stereocenters. The molecule has 0 radical (unpaired) electrons. The molecule has 8 heteroatoms. The van der Waals surface area contributed by atoms with Gasteiger partial charge in [0.25, 0.3) is 0 Å². The number of rotatable bonds is 2. The zero-order valence-corrected chi connectivity index (χ0v) is 13.4. The fraction of sp³-hybridized carbons (Fsp3) is 0.235. The number of H-pyrrole nitrogens is 1. The fourth-order valence-corrected chi connectivity index (χ4v) is 3.53. The lowest BCUT2D eigenvalue weighted by atomic mass is 10.0. The molecular weight excluding hydrogens is 318 g/mol. The van der Waals surface area contributed by atoms with Crippen molar-refractivity contribution in [1.82, 2.24) is 24.7 Å². The first-order chi connectivity index (χ1) is 12.2. The Labute approximate surface area is 142 Å². The van der Waals surface area contributed by atoms with Crippen LogP contribution in [0, 0.1) is 0 Å². The van der Waals surface area contributed by atoms with E-state index in [0.717, 1.165) is 46.0 Å². The molecule has 126 valence electrons. The molecular formula is C17H17N7O. The molecule has 25 heavy (non-hydrogen) atoms. The number of nitrogens with one attached hydrogen (secondary N) is 1. The molecule has 1 saturated heterocycles. The Kier molecular flexibility index (Phi) is 2.95. The van der Waals surface area contributed by atoms with Gasteiger partial charge in [-0.2, -0.15) is 10.1 Å². The number of nitrogen functional groups attached to an aromatic ring is 2. The summed E-state index contributed by atoms with van der Waals surface area (Å²) in [6.07, 6.45) is 6.66. The average Bonchev–Trinajstić information content (AvgIpc) is 3.33. The molecule has 4 aromatic rings. The highest BCUT2D eigenvalue weighted by molar-refractivity contribution is 6.15. The second-order valence-electron chi connectivity index (χ2n) is 6.29. The third-order valence-electron chi connectivity index (χ3n) is 4.73. The molecule has 8 nitrogen and oxygen atoms in total. The van der Waals surface area contributed by atoms with Gasteiger partial charge < -0.3 is 21.2 Å². The van der Waals surface area contributed by atoms with Gasteiger partial charge in [0.05, 0.1) is 29.9 Å². The van der Waals surface area contributed by atoms with Gasteiger partial charge in [0.2, 0.25) is 0 Å². The predicted molar refractivity (Wildman–Crippen MR) is 95.9 cm³/mol. The molecule has 0 aliphatic carbocycles. The van der Waals surface area contributed by atoms with Gasteiger partial charge in [-0.1, -0.05) is 0 Å². The summed E-state index contributed by atoms with van der Waals surface area (Å²) in [5.41, 5.74) is 15.6. The van der Waals surface area contributed by atoms with Crippen LogP contribution in [-0.2, 0) is 4.74 Å². The molecule has 3 aromatic heterocycles. The van der Waals surface area contributed by atoms with Crippen LogP contribution < -0.4 is 11.5 Å². The third-order valence-corrected chi connectivity index (χ3v) is 4.73. The number of nitrogens with two attached hydrogens (primary N) is 2. The predicted octanol–water partition coefficient (Wildman–Crippen LogP) is 2.10. The van der Waals surface area contributed by atoms with Crippen LogP contribution in [0.2, 0.25) is 0 Å². The van der Waals surface area contributed by atoms with Gasteiger partial charge in [-0.05, 0) is 18.6 Å². The van der Waals surface area contributed by atoms with Crippen LogP contribution in [0.5, 0.6) is 0 Å². The van der Waals surface area contributed by atoms with E-state index in [1.807, 2.05) is 29.2 Å². The highest BCUT2D eigenvalue weighted by atomic mass is 16.5. The number of benzene rings is 1. The lowest BCUT2D eigenvalue weighted by Gasteiger charge is -2.09. The molecule has 1 atom stereocenters. The summed E-state index contributed by atoms with van der Waals surface area (Å²) >= 11 is 0. The Bertz CT molecular complexity index is 1090. The molecule has 1 aliphatic rings. The smallest absolute Gasteiger partial charge is 0.199 e. The summed E-state index contributed by atoms with van der Waals surface area (Å²) in [7, 11) is 0. The van der Waals surface area contributed by atoms with E-state index in [2.05, 4.69) is 20.1 Å². The topological polar surface area (TPSA) is 121 Å². The van der Waals surface area contributed by atoms with E-state index < -0.39 is 0 Å². The van der Waals surface area contributed by atoms with E-state index in [9.17, 15) is 0 Å². The normalized spacial score (nSPS) is 17.7. The summed E-state index contributed by atoms with van der Waals surface area (Å²) in [6, 6.07) is 4.24. The molecule has 5 rings (SSSR count). The molecule has 0 saturated carbocycles. The van der Waals surface area contributed by atoms with Crippen molar-refractivity contribution < 1.29 is 4.74 Å². The highest BCUT2D eigenvalue weighted by Crippen LogP contribution is 2.36. The number of fused-ring (bicyclic) bond motifs is 3. The van der Waals surface area contributed by atoms with Crippen LogP contribution in [0.4, 0.5) is 11.8 Å². The molecule has 1 aliphatic heterocycles. The van der Waals surface area contributed by atoms with Crippen LogP contribution in [0.15, 0.2) is 30.7 Å². The van der Waals surface area contributed by atoms with Crippen LogP contribution >= 0.6 is 0 Å². The van der Waals surface area contributed by atoms with Crippen molar-refractivity contribution in [2.24, 2.45) is 0 Å². The van der Waals surface area contributed by atoms with Gasteiger partial charge in [0.15, 0.2) is 5.95 Å². The minimum atomic E-state index is 0.286. The maximum Gasteiger partial charge on any atom is 0.199 e. The minimum absolute atomic E-state index is 0.286. The van der Waals surface area contributed by atoms with Crippen LogP contribution in [0.1, 0.15) is 12.5 Å². The maximum absolute atomic E-state index is 6.09. The molecule has 0 bridgehead atoms. The summed E-state index contributed by atoms with van der Waals surface area (Å²) in [5.74, 6) is 0.684. The van der Waals surface area contributed by atoms with Crippen LogP contribution in [0.3, 0.4) is 0 Å². The average molecular weight is 335 g/mol. The van der Waals surface area contributed by atoms with E-state index in [-0.39, 0.29) is 5.95 Å². The first kappa shape index (κ1) is 14.2. The number of aromatic amines is 1. The van der Waals surface area contributed by atoms with E-state index in [1.165, 1.54) is 0 Å². The van der Waals surface area contributed by atoms with Crippen molar-refractivity contribution in [3.8, 4) is 11.1 Å². The maximum atomic E-state index is 6.09. The van der Waals surface area contributed by atoms with Gasteiger partial charge in [-0.15, -0.1) is 0 Å². The quantitative estimate of drug-likeness (QED) is 0.516. The van der Waals surface area contributed by atoms with Crippen molar-refractivity contribution in [3.05, 3.63) is 30.7 Å². The molecule has 1 aromatic carbocycles. The van der Waals surface area contributed by atoms with Gasteiger partial charge in [0, 0.05) is 40.9 Å². The van der Waals surface area contributed by atoms with Gasteiger partial charge in [-0.25, -0.2) is 0 Å². The monoisotopic (exact) mass is 335 g/mol. The Hall–Kier alpha value is -3.13. The fourth-order valence-electron chi connectivity index (χ4n) is 3.53. The summed E-state index contributed by atoms with van der Waals surface area (Å²) in [6.45, 7) is 1.49. The lowest BCUT2D eigenvalue weighted by molar-refractivity contribution is 0.184. The van der Waals surface area contributed by atoms with Crippen molar-refractivity contribution in [2.45, 2.75) is 12.5 Å². The Balaban J connectivity index is 1.73. The molecule has 1 fully saturated rings. The highest BCUT2D eigenvalue weighted by Gasteiger charge is 2.20. The second kappa shape index (κ2) is 5.18. The largest absolute Gasteiger partial charge is 0.383 e. The number of ether oxygens (including phenoxy) is 1. The molecule has 5 N–H and O–H groups in total. The number of aromatic nitrogens is 5. The second-order valence-corrected chi connectivity index (χ2v) is 6.29. The Morgan fingerprint density at radius 3 is 3.08 bits per heavy atom. The van der Waals surface area contributed by atoms with Crippen molar-refractivity contribution in [2.75, 3.05) is 24.7 Å². The van der Waals surface area contributed by atoms with E-state index in [0.29, 0.717) is 18.5 Å². The molecule has 0 spiro atoms. The lowest BCUT2D eigenvalue weighted by Crippen LogP contribution is -2.08. The Morgan fingerprint density at radius 2 is 2.24 bits per heavy atom. The summed E-state index contributed by atoms with van der Waals surface area (Å²) in [5, 5.41) is 6.30. The van der Waals surface area contributed by atoms with Gasteiger partial charge in [-0.3, -0.25) is 9.67 Å². The van der Waals surface area contributed by atoms with Gasteiger partial charge in [0.1, 0.15) is 5.82 Å². The van der Waals surface area contributed by atoms with Crippen LogP contribution in [-0.4, -0.2) is 37.9 Å². The number of anilines is 2. The van der Waals surface area contributed by atoms with Gasteiger partial charge >= 0.3 is 0 Å². The van der Waals surface area contributed by atoms with Crippen molar-refractivity contribution in [1.29, 1.82) is 0 Å². The zero-order chi connectivity index (χ0) is 17.0. The van der Waals surface area contributed by atoms with Crippen molar-refractivity contribution >= 4 is 33.6 Å². The molecule has 0 amide bonds. The summed E-state index contributed by atoms with van der Waals surface area (Å²) in [4.78, 5) is 11.8. The van der Waals surface area contributed by atoms with E-state index in [4.69, 9.17) is 16.2 Å². The van der Waals surface area contributed by atoms with Crippen molar-refractivity contribution in [3.63, 3.8) is 0 Å². The zero-order valence-electron chi connectivity index (χ0n) is 13.4. The summed E-state index contributed by atoms with van der Waals surface area (Å²) < 4.78 is 7.43. The van der Waals surface area contributed by atoms with E-state index >= 15 is 0 Å². The van der Waals surface area contributed by atoms with E-state index in [1.54, 1.807) is 6.20 Å². The first-order valence-electron chi connectivity index (χ1n) is 8.15. The SMILES string of the molecule is Nc1nc(N)c2c(cc(-c3cnn(C4CCOC4)c3)c3nccc32)[nH]1. The minimum Gasteiger partial charge on any atom is -0.383 e. The number of hydrogen-bond acceptors (Lipinski definition) is 6.